The Kier molecular flexibility index (Phi) is 6.03. The molecule has 2 aromatic carbocycles. The SMILES string of the molecule is O=C(c1ccccc1)c1ccc(OCC=CCBr)c(Cl)c1. The van der Waals surface area contributed by atoms with Crippen molar-refractivity contribution in [2.45, 2.75) is 0 Å². The van der Waals surface area contributed by atoms with E-state index >= 15 is 0 Å². The van der Waals surface area contributed by atoms with Crippen LogP contribution in [-0.2, 0) is 0 Å². The van der Waals surface area contributed by atoms with Crippen molar-refractivity contribution in [2.75, 3.05) is 11.9 Å². The fourth-order valence-electron chi connectivity index (χ4n) is 1.78. The fraction of sp³-hybridized carbons (Fsp3) is 0.118. The maximum absolute atomic E-state index is 12.3. The van der Waals surface area contributed by atoms with Gasteiger partial charge < -0.3 is 4.74 Å². The Morgan fingerprint density at radius 1 is 1.10 bits per heavy atom. The van der Waals surface area contributed by atoms with E-state index in [0.717, 1.165) is 5.33 Å². The summed E-state index contributed by atoms with van der Waals surface area (Å²) in [5.41, 5.74) is 1.19. The zero-order chi connectivity index (χ0) is 15.1. The Balaban J connectivity index is 2.12. The molecule has 0 N–H and O–H groups in total. The van der Waals surface area contributed by atoms with Crippen molar-refractivity contribution in [3.05, 3.63) is 76.8 Å². The van der Waals surface area contributed by atoms with Crippen LogP contribution in [0.25, 0.3) is 0 Å². The zero-order valence-corrected chi connectivity index (χ0v) is 13.6. The first-order valence-electron chi connectivity index (χ1n) is 6.45. The molecule has 0 fully saturated rings. The van der Waals surface area contributed by atoms with Crippen molar-refractivity contribution in [3.63, 3.8) is 0 Å². The molecule has 0 aliphatic rings. The second-order valence-corrected chi connectivity index (χ2v) is 5.33. The molecule has 0 spiro atoms. The molecular weight excluding hydrogens is 352 g/mol. The van der Waals surface area contributed by atoms with Crippen LogP contribution in [0.5, 0.6) is 5.75 Å². The van der Waals surface area contributed by atoms with Gasteiger partial charge in [0.05, 0.1) is 5.02 Å². The maximum atomic E-state index is 12.3. The number of carbonyl (C=O) groups is 1. The fourth-order valence-corrected chi connectivity index (χ4v) is 2.28. The topological polar surface area (TPSA) is 26.3 Å². The number of rotatable bonds is 6. The van der Waals surface area contributed by atoms with E-state index in [-0.39, 0.29) is 5.78 Å². The zero-order valence-electron chi connectivity index (χ0n) is 11.3. The third kappa shape index (κ3) is 4.45. The third-order valence-electron chi connectivity index (χ3n) is 2.82. The molecule has 2 nitrogen and oxygen atoms in total. The molecule has 0 atom stereocenters. The smallest absolute Gasteiger partial charge is 0.193 e. The number of benzene rings is 2. The molecule has 2 rings (SSSR count). The number of ether oxygens (including phenoxy) is 1. The summed E-state index contributed by atoms with van der Waals surface area (Å²) >= 11 is 9.46. The maximum Gasteiger partial charge on any atom is 0.193 e. The highest BCUT2D eigenvalue weighted by Crippen LogP contribution is 2.26. The van der Waals surface area contributed by atoms with E-state index in [1.54, 1.807) is 30.3 Å². The highest BCUT2D eigenvalue weighted by molar-refractivity contribution is 9.09. The van der Waals surface area contributed by atoms with Gasteiger partial charge in [-0.25, -0.2) is 0 Å². The molecule has 108 valence electrons. The van der Waals surface area contributed by atoms with Gasteiger partial charge in [0.25, 0.3) is 0 Å². The van der Waals surface area contributed by atoms with Crippen LogP contribution in [0.1, 0.15) is 15.9 Å². The predicted molar refractivity (Wildman–Crippen MR) is 89.8 cm³/mol. The van der Waals surface area contributed by atoms with E-state index in [0.29, 0.717) is 28.5 Å². The number of carbonyl (C=O) groups excluding carboxylic acids is 1. The molecule has 0 aromatic heterocycles. The first kappa shape index (κ1) is 15.8. The van der Waals surface area contributed by atoms with Crippen LogP contribution in [0.4, 0.5) is 0 Å². The summed E-state index contributed by atoms with van der Waals surface area (Å²) in [6, 6.07) is 14.2. The van der Waals surface area contributed by atoms with Gasteiger partial charge in [0.1, 0.15) is 12.4 Å². The van der Waals surface area contributed by atoms with Gasteiger partial charge in [-0.2, -0.15) is 0 Å². The molecule has 0 aliphatic carbocycles. The van der Waals surface area contributed by atoms with Crippen LogP contribution in [0, 0.1) is 0 Å². The number of alkyl halides is 1. The van der Waals surface area contributed by atoms with Gasteiger partial charge in [-0.3, -0.25) is 4.79 Å². The van der Waals surface area contributed by atoms with Gasteiger partial charge in [-0.05, 0) is 18.2 Å². The van der Waals surface area contributed by atoms with Crippen LogP contribution >= 0.6 is 27.5 Å². The van der Waals surface area contributed by atoms with Crippen LogP contribution < -0.4 is 4.74 Å². The van der Waals surface area contributed by atoms with Crippen LogP contribution in [0.15, 0.2) is 60.7 Å². The summed E-state index contributed by atoms with van der Waals surface area (Å²) in [4.78, 5) is 12.3. The molecule has 0 saturated carbocycles. The van der Waals surface area contributed by atoms with Crippen LogP contribution in [-0.4, -0.2) is 17.7 Å². The molecule has 4 heteroatoms. The molecule has 2 aromatic rings. The Bertz CT molecular complexity index is 638. The quantitative estimate of drug-likeness (QED) is 0.413. The van der Waals surface area contributed by atoms with Gasteiger partial charge in [0.2, 0.25) is 0 Å². The molecular formula is C17H14BrClO2. The molecule has 0 saturated heterocycles. The molecule has 0 aliphatic heterocycles. The van der Waals surface area contributed by atoms with E-state index in [2.05, 4.69) is 15.9 Å². The van der Waals surface area contributed by atoms with Gasteiger partial charge in [0, 0.05) is 16.5 Å². The number of hydrogen-bond donors (Lipinski definition) is 0. The lowest BCUT2D eigenvalue weighted by molar-refractivity contribution is 0.103. The molecule has 0 amide bonds. The van der Waals surface area contributed by atoms with Crippen LogP contribution in [0.2, 0.25) is 5.02 Å². The molecule has 0 radical (unpaired) electrons. The summed E-state index contributed by atoms with van der Waals surface area (Å²) in [6.07, 6.45) is 3.84. The Labute approximate surface area is 137 Å². The molecule has 0 bridgehead atoms. The number of hydrogen-bond acceptors (Lipinski definition) is 2. The van der Waals surface area contributed by atoms with Crippen molar-refractivity contribution in [2.24, 2.45) is 0 Å². The second kappa shape index (κ2) is 8.01. The first-order chi connectivity index (χ1) is 10.2. The summed E-state index contributed by atoms with van der Waals surface area (Å²) in [5, 5.41) is 1.22. The van der Waals surface area contributed by atoms with E-state index in [1.165, 1.54) is 0 Å². The van der Waals surface area contributed by atoms with Gasteiger partial charge in [0.15, 0.2) is 5.78 Å². The Hall–Kier alpha value is -1.58. The number of allylic oxidation sites excluding steroid dienone is 1. The van der Waals surface area contributed by atoms with E-state index in [4.69, 9.17) is 16.3 Å². The lowest BCUT2D eigenvalue weighted by atomic mass is 10.0. The minimum Gasteiger partial charge on any atom is -0.488 e. The average molecular weight is 366 g/mol. The molecule has 0 unspecified atom stereocenters. The summed E-state index contributed by atoms with van der Waals surface area (Å²) < 4.78 is 5.53. The largest absolute Gasteiger partial charge is 0.488 e. The first-order valence-corrected chi connectivity index (χ1v) is 7.95. The summed E-state index contributed by atoms with van der Waals surface area (Å²) in [5.74, 6) is 0.517. The number of ketones is 1. The van der Waals surface area contributed by atoms with Crippen molar-refractivity contribution in [1.29, 1.82) is 0 Å². The van der Waals surface area contributed by atoms with Crippen molar-refractivity contribution in [3.8, 4) is 5.75 Å². The Morgan fingerprint density at radius 2 is 1.86 bits per heavy atom. The summed E-state index contributed by atoms with van der Waals surface area (Å²) in [7, 11) is 0. The van der Waals surface area contributed by atoms with E-state index in [9.17, 15) is 4.79 Å². The minimum atomic E-state index is -0.0526. The highest BCUT2D eigenvalue weighted by Gasteiger charge is 2.11. The minimum absolute atomic E-state index is 0.0526. The van der Waals surface area contributed by atoms with Gasteiger partial charge >= 0.3 is 0 Å². The molecule has 21 heavy (non-hydrogen) atoms. The summed E-state index contributed by atoms with van der Waals surface area (Å²) in [6.45, 7) is 0.442. The predicted octanol–water partition coefficient (Wildman–Crippen LogP) is 4.90. The third-order valence-corrected chi connectivity index (χ3v) is 3.49. The lowest BCUT2D eigenvalue weighted by Gasteiger charge is -2.07. The van der Waals surface area contributed by atoms with Crippen molar-refractivity contribution < 1.29 is 9.53 Å². The monoisotopic (exact) mass is 364 g/mol. The number of halogens is 2. The van der Waals surface area contributed by atoms with E-state index in [1.807, 2.05) is 30.4 Å². The highest BCUT2D eigenvalue weighted by atomic mass is 79.9. The lowest BCUT2D eigenvalue weighted by Crippen LogP contribution is -2.02. The normalized spacial score (nSPS) is 10.8. The van der Waals surface area contributed by atoms with Gasteiger partial charge in [-0.1, -0.05) is 70.0 Å². The Morgan fingerprint density at radius 3 is 2.52 bits per heavy atom. The van der Waals surface area contributed by atoms with E-state index < -0.39 is 0 Å². The van der Waals surface area contributed by atoms with Crippen molar-refractivity contribution in [1.82, 2.24) is 0 Å². The van der Waals surface area contributed by atoms with Crippen molar-refractivity contribution >= 4 is 33.3 Å². The van der Waals surface area contributed by atoms with Crippen LogP contribution in [0.3, 0.4) is 0 Å². The molecule has 0 heterocycles. The average Bonchev–Trinajstić information content (AvgIpc) is 2.53. The van der Waals surface area contributed by atoms with Gasteiger partial charge in [-0.15, -0.1) is 0 Å². The standard InChI is InChI=1S/C17H14BrClO2/c18-10-4-5-11-21-16-9-8-14(12-15(16)19)17(20)13-6-2-1-3-7-13/h1-9,12H,10-11H2. The second-order valence-electron chi connectivity index (χ2n) is 4.28.